The quantitative estimate of drug-likeness (QED) is 0.749. The van der Waals surface area contributed by atoms with Crippen LogP contribution in [0.15, 0.2) is 43.1 Å². The van der Waals surface area contributed by atoms with Crippen molar-refractivity contribution in [3.8, 4) is 11.3 Å². The lowest BCUT2D eigenvalue weighted by Crippen LogP contribution is -2.35. The molecule has 2 aromatic heterocycles. The van der Waals surface area contributed by atoms with Gasteiger partial charge in [-0.2, -0.15) is 10.2 Å². The number of amides is 1. The molecule has 2 N–H and O–H groups in total. The first kappa shape index (κ1) is 14.9. The maximum Gasteiger partial charge on any atom is 0.255 e. The number of halogens is 1. The van der Waals surface area contributed by atoms with Crippen molar-refractivity contribution in [2.45, 2.75) is 19.5 Å². The Bertz CT molecular complexity index is 798. The van der Waals surface area contributed by atoms with Crippen LogP contribution in [-0.4, -0.2) is 36.9 Å². The Morgan fingerprint density at radius 3 is 3.09 bits per heavy atom. The lowest BCUT2D eigenvalue weighted by molar-refractivity contribution is 0.0936. The van der Waals surface area contributed by atoms with Crippen LogP contribution in [0.25, 0.3) is 11.3 Å². The van der Waals surface area contributed by atoms with Gasteiger partial charge in [0.25, 0.3) is 5.91 Å². The second-order valence-corrected chi connectivity index (χ2v) is 5.16. The predicted octanol–water partition coefficient (Wildman–Crippen LogP) is 1.63. The molecule has 7 nitrogen and oxygen atoms in total. The Morgan fingerprint density at radius 1 is 1.48 bits per heavy atom. The number of carbonyl (C=O) groups excluding carboxylic acids is 1. The molecular formula is C15H15FN6O. The van der Waals surface area contributed by atoms with E-state index in [9.17, 15) is 9.18 Å². The summed E-state index contributed by atoms with van der Waals surface area (Å²) in [5.41, 5.74) is 1.41. The topological polar surface area (TPSA) is 88.5 Å². The summed E-state index contributed by atoms with van der Waals surface area (Å²) in [5.74, 6) is -0.659. The fraction of sp³-hybridized carbons (Fsp3) is 0.200. The fourth-order valence-corrected chi connectivity index (χ4v) is 2.28. The molecule has 0 saturated heterocycles. The molecule has 0 aliphatic rings. The summed E-state index contributed by atoms with van der Waals surface area (Å²) in [6, 6.07) is 5.84. The average molecular weight is 314 g/mol. The summed E-state index contributed by atoms with van der Waals surface area (Å²) in [5, 5.41) is 13.5. The van der Waals surface area contributed by atoms with Gasteiger partial charge >= 0.3 is 0 Å². The molecule has 3 rings (SSSR count). The zero-order valence-corrected chi connectivity index (χ0v) is 12.4. The van der Waals surface area contributed by atoms with Crippen molar-refractivity contribution in [1.82, 2.24) is 30.3 Å². The number of carbonyl (C=O) groups is 1. The van der Waals surface area contributed by atoms with Gasteiger partial charge in [0.1, 0.15) is 18.5 Å². The highest BCUT2D eigenvalue weighted by Gasteiger charge is 2.17. The molecule has 118 valence electrons. The van der Waals surface area contributed by atoms with E-state index >= 15 is 0 Å². The number of benzene rings is 1. The standard InChI is InChI=1S/C15H15FN6O/c1-10(7-22-9-17-8-19-22)20-15(23)13-6-18-21-14(13)11-3-2-4-12(16)5-11/h2-6,8-10H,7H2,1H3,(H,18,21)(H,20,23). The van der Waals surface area contributed by atoms with Crippen molar-refractivity contribution in [3.63, 3.8) is 0 Å². The van der Waals surface area contributed by atoms with Gasteiger partial charge in [0.05, 0.1) is 24.0 Å². The van der Waals surface area contributed by atoms with E-state index in [1.54, 1.807) is 23.1 Å². The van der Waals surface area contributed by atoms with Gasteiger partial charge < -0.3 is 5.32 Å². The molecule has 1 amide bonds. The number of nitrogens with one attached hydrogen (secondary N) is 2. The Labute approximate surface area is 131 Å². The summed E-state index contributed by atoms with van der Waals surface area (Å²) in [7, 11) is 0. The maximum atomic E-state index is 13.4. The largest absolute Gasteiger partial charge is 0.348 e. The van der Waals surface area contributed by atoms with Gasteiger partial charge in [-0.1, -0.05) is 12.1 Å². The van der Waals surface area contributed by atoms with Gasteiger partial charge in [-0.15, -0.1) is 0 Å². The van der Waals surface area contributed by atoms with Crippen LogP contribution in [-0.2, 0) is 6.54 Å². The summed E-state index contributed by atoms with van der Waals surface area (Å²) in [6.07, 6.45) is 4.45. The van der Waals surface area contributed by atoms with Gasteiger partial charge in [0.2, 0.25) is 0 Å². The van der Waals surface area contributed by atoms with Gasteiger partial charge in [-0.25, -0.2) is 9.37 Å². The third-order valence-electron chi connectivity index (χ3n) is 3.30. The Kier molecular flexibility index (Phi) is 4.13. The number of H-pyrrole nitrogens is 1. The maximum absolute atomic E-state index is 13.4. The molecule has 0 fully saturated rings. The Morgan fingerprint density at radius 2 is 2.35 bits per heavy atom. The van der Waals surface area contributed by atoms with Gasteiger partial charge in [0, 0.05) is 11.6 Å². The fourth-order valence-electron chi connectivity index (χ4n) is 2.28. The van der Waals surface area contributed by atoms with Crippen molar-refractivity contribution in [3.05, 3.63) is 54.5 Å². The smallest absolute Gasteiger partial charge is 0.255 e. The minimum atomic E-state index is -0.372. The second kappa shape index (κ2) is 6.39. The first-order chi connectivity index (χ1) is 11.1. The number of nitrogens with zero attached hydrogens (tertiary/aromatic N) is 4. The Balaban J connectivity index is 1.74. The van der Waals surface area contributed by atoms with Crippen LogP contribution in [0.3, 0.4) is 0 Å². The normalized spacial score (nSPS) is 12.1. The van der Waals surface area contributed by atoms with Gasteiger partial charge in [-0.3, -0.25) is 14.6 Å². The number of hydrogen-bond acceptors (Lipinski definition) is 4. The zero-order chi connectivity index (χ0) is 16.2. The second-order valence-electron chi connectivity index (χ2n) is 5.16. The van der Waals surface area contributed by atoms with E-state index in [1.165, 1.54) is 24.7 Å². The highest BCUT2D eigenvalue weighted by atomic mass is 19.1. The molecule has 23 heavy (non-hydrogen) atoms. The lowest BCUT2D eigenvalue weighted by Gasteiger charge is -2.13. The highest BCUT2D eigenvalue weighted by Crippen LogP contribution is 2.21. The summed E-state index contributed by atoms with van der Waals surface area (Å²) in [6.45, 7) is 2.36. The summed E-state index contributed by atoms with van der Waals surface area (Å²) in [4.78, 5) is 16.3. The van der Waals surface area contributed by atoms with Crippen LogP contribution in [0, 0.1) is 5.82 Å². The minimum Gasteiger partial charge on any atom is -0.348 e. The van der Waals surface area contributed by atoms with Crippen LogP contribution in [0.1, 0.15) is 17.3 Å². The van der Waals surface area contributed by atoms with Crippen molar-refractivity contribution < 1.29 is 9.18 Å². The van der Waals surface area contributed by atoms with E-state index in [1.807, 2.05) is 6.92 Å². The molecule has 0 radical (unpaired) electrons. The molecule has 2 heterocycles. The van der Waals surface area contributed by atoms with Crippen molar-refractivity contribution in [1.29, 1.82) is 0 Å². The SMILES string of the molecule is CC(Cn1cncn1)NC(=O)c1cn[nH]c1-c1cccc(F)c1. The molecule has 0 aliphatic carbocycles. The molecule has 1 atom stereocenters. The molecule has 0 aliphatic heterocycles. The van der Waals surface area contributed by atoms with Crippen LogP contribution in [0.4, 0.5) is 4.39 Å². The van der Waals surface area contributed by atoms with Crippen LogP contribution in [0.2, 0.25) is 0 Å². The molecule has 0 spiro atoms. The number of hydrogen-bond donors (Lipinski definition) is 2. The van der Waals surface area contributed by atoms with E-state index in [-0.39, 0.29) is 17.8 Å². The van der Waals surface area contributed by atoms with Gasteiger partial charge in [-0.05, 0) is 19.1 Å². The molecule has 8 heteroatoms. The number of aromatic nitrogens is 5. The van der Waals surface area contributed by atoms with Crippen LogP contribution >= 0.6 is 0 Å². The summed E-state index contributed by atoms with van der Waals surface area (Å²) < 4.78 is 15.0. The van der Waals surface area contributed by atoms with E-state index in [0.717, 1.165) is 0 Å². The molecule has 1 aromatic carbocycles. The molecular weight excluding hydrogens is 299 g/mol. The van der Waals surface area contributed by atoms with Crippen molar-refractivity contribution in [2.24, 2.45) is 0 Å². The first-order valence-corrected chi connectivity index (χ1v) is 7.06. The monoisotopic (exact) mass is 314 g/mol. The number of aromatic amines is 1. The van der Waals surface area contributed by atoms with Crippen LogP contribution in [0.5, 0.6) is 0 Å². The van der Waals surface area contributed by atoms with Crippen LogP contribution < -0.4 is 5.32 Å². The third kappa shape index (κ3) is 3.42. The van der Waals surface area contributed by atoms with Crippen molar-refractivity contribution in [2.75, 3.05) is 0 Å². The van der Waals surface area contributed by atoms with E-state index < -0.39 is 0 Å². The average Bonchev–Trinajstić information content (AvgIpc) is 3.17. The van der Waals surface area contributed by atoms with Crippen molar-refractivity contribution >= 4 is 5.91 Å². The Hall–Kier alpha value is -3.03. The molecule has 1 unspecified atom stereocenters. The zero-order valence-electron chi connectivity index (χ0n) is 12.4. The van der Waals surface area contributed by atoms with E-state index in [2.05, 4.69) is 25.6 Å². The van der Waals surface area contributed by atoms with E-state index in [4.69, 9.17) is 0 Å². The highest BCUT2D eigenvalue weighted by molar-refractivity contribution is 5.99. The molecule has 3 aromatic rings. The minimum absolute atomic E-state index is 0.153. The summed E-state index contributed by atoms with van der Waals surface area (Å²) >= 11 is 0. The van der Waals surface area contributed by atoms with E-state index in [0.29, 0.717) is 23.4 Å². The van der Waals surface area contributed by atoms with Gasteiger partial charge in [0.15, 0.2) is 0 Å². The first-order valence-electron chi connectivity index (χ1n) is 7.06. The molecule has 0 saturated carbocycles. The lowest BCUT2D eigenvalue weighted by atomic mass is 10.1. The predicted molar refractivity (Wildman–Crippen MR) is 80.9 cm³/mol. The molecule has 0 bridgehead atoms. The number of rotatable bonds is 5. The third-order valence-corrected chi connectivity index (χ3v) is 3.30.